The SMILES string of the molecule is CCC=CCCCCCCCCOC(CCN1CCCC1)OCCCCCCCCCCCC=CCCCCC. The van der Waals surface area contributed by atoms with Crippen molar-refractivity contribution in [2.24, 2.45) is 0 Å². The molecule has 1 fully saturated rings. The lowest BCUT2D eigenvalue weighted by Gasteiger charge is -2.22. The standard InChI is InChI=1S/C37H71NO2/c1-3-5-7-9-11-13-15-16-17-18-19-20-22-24-26-30-36-40-37(31-34-38-32-27-28-33-38)39-35-29-25-23-21-14-12-10-8-6-4-2/h6,8,11,13,37H,3-5,7,9-10,12,14-36H2,1-2H3. The van der Waals surface area contributed by atoms with Crippen LogP contribution in [0.4, 0.5) is 0 Å². The van der Waals surface area contributed by atoms with Crippen LogP contribution in [0.15, 0.2) is 24.3 Å². The summed E-state index contributed by atoms with van der Waals surface area (Å²) in [5, 5.41) is 0. The lowest BCUT2D eigenvalue weighted by molar-refractivity contribution is -0.149. The fourth-order valence-electron chi connectivity index (χ4n) is 5.64. The van der Waals surface area contributed by atoms with Crippen molar-refractivity contribution in [3.8, 4) is 0 Å². The van der Waals surface area contributed by atoms with Gasteiger partial charge in [-0.05, 0) is 83.7 Å². The Morgan fingerprint density at radius 3 is 1.43 bits per heavy atom. The minimum absolute atomic E-state index is 0.00265. The van der Waals surface area contributed by atoms with Crippen molar-refractivity contribution in [2.75, 3.05) is 32.8 Å². The molecule has 1 saturated heterocycles. The maximum absolute atomic E-state index is 6.25. The topological polar surface area (TPSA) is 21.7 Å². The van der Waals surface area contributed by atoms with E-state index in [1.165, 1.54) is 167 Å². The Hall–Kier alpha value is -0.640. The molecule has 236 valence electrons. The third kappa shape index (κ3) is 26.3. The van der Waals surface area contributed by atoms with Crippen LogP contribution in [0.1, 0.15) is 174 Å². The number of hydrogen-bond donors (Lipinski definition) is 0. The first-order valence-electron chi connectivity index (χ1n) is 18.1. The van der Waals surface area contributed by atoms with Gasteiger partial charge in [-0.3, -0.25) is 0 Å². The van der Waals surface area contributed by atoms with Crippen molar-refractivity contribution < 1.29 is 9.47 Å². The van der Waals surface area contributed by atoms with E-state index < -0.39 is 0 Å². The first-order chi connectivity index (χ1) is 19.9. The van der Waals surface area contributed by atoms with Crippen molar-refractivity contribution in [2.45, 2.75) is 181 Å². The van der Waals surface area contributed by atoms with Crippen LogP contribution in [-0.4, -0.2) is 44.0 Å². The molecule has 1 heterocycles. The van der Waals surface area contributed by atoms with E-state index in [2.05, 4.69) is 43.1 Å². The van der Waals surface area contributed by atoms with Crippen LogP contribution in [-0.2, 0) is 9.47 Å². The Balaban J connectivity index is 1.98. The van der Waals surface area contributed by atoms with Crippen LogP contribution in [0, 0.1) is 0 Å². The zero-order valence-electron chi connectivity index (χ0n) is 27.4. The highest BCUT2D eigenvalue weighted by molar-refractivity contribution is 4.81. The van der Waals surface area contributed by atoms with E-state index in [0.29, 0.717) is 0 Å². The van der Waals surface area contributed by atoms with Gasteiger partial charge in [-0.25, -0.2) is 0 Å². The third-order valence-electron chi connectivity index (χ3n) is 8.31. The van der Waals surface area contributed by atoms with Gasteiger partial charge in [0.2, 0.25) is 0 Å². The van der Waals surface area contributed by atoms with Gasteiger partial charge in [0.15, 0.2) is 6.29 Å². The fourth-order valence-corrected chi connectivity index (χ4v) is 5.64. The van der Waals surface area contributed by atoms with Crippen LogP contribution in [0.2, 0.25) is 0 Å². The lowest BCUT2D eigenvalue weighted by Crippen LogP contribution is -2.27. The summed E-state index contributed by atoms with van der Waals surface area (Å²) in [4.78, 5) is 2.58. The molecule has 1 aliphatic rings. The number of rotatable bonds is 31. The van der Waals surface area contributed by atoms with Gasteiger partial charge in [-0.2, -0.15) is 0 Å². The molecule has 0 aromatic carbocycles. The molecule has 0 bridgehead atoms. The summed E-state index contributed by atoms with van der Waals surface area (Å²) in [5.74, 6) is 0. The molecule has 0 aliphatic carbocycles. The lowest BCUT2D eigenvalue weighted by atomic mass is 10.1. The molecule has 0 N–H and O–H groups in total. The molecule has 1 rings (SSSR count). The van der Waals surface area contributed by atoms with Crippen molar-refractivity contribution in [3.63, 3.8) is 0 Å². The first kappa shape index (κ1) is 37.4. The summed E-state index contributed by atoms with van der Waals surface area (Å²) >= 11 is 0. The van der Waals surface area contributed by atoms with Gasteiger partial charge in [-0.15, -0.1) is 0 Å². The van der Waals surface area contributed by atoms with Gasteiger partial charge in [0.25, 0.3) is 0 Å². The molecule has 0 amide bonds. The number of unbranched alkanes of at least 4 members (excludes halogenated alkanes) is 18. The quantitative estimate of drug-likeness (QED) is 0.0477. The van der Waals surface area contributed by atoms with Crippen molar-refractivity contribution >= 4 is 0 Å². The van der Waals surface area contributed by atoms with Gasteiger partial charge in [0.05, 0.1) is 0 Å². The zero-order chi connectivity index (χ0) is 28.6. The summed E-state index contributed by atoms with van der Waals surface area (Å²) in [6, 6.07) is 0. The predicted molar refractivity (Wildman–Crippen MR) is 177 cm³/mol. The molecule has 3 nitrogen and oxygen atoms in total. The summed E-state index contributed by atoms with van der Waals surface area (Å²) in [5.41, 5.74) is 0. The highest BCUT2D eigenvalue weighted by Crippen LogP contribution is 2.14. The second kappa shape index (κ2) is 31.3. The number of hydrogen-bond acceptors (Lipinski definition) is 3. The summed E-state index contributed by atoms with van der Waals surface area (Å²) in [6.07, 6.45) is 42.4. The van der Waals surface area contributed by atoms with E-state index in [0.717, 1.165) is 26.2 Å². The first-order valence-corrected chi connectivity index (χ1v) is 18.1. The van der Waals surface area contributed by atoms with Crippen molar-refractivity contribution in [3.05, 3.63) is 24.3 Å². The Labute approximate surface area is 251 Å². The molecular formula is C37H71NO2. The zero-order valence-corrected chi connectivity index (χ0v) is 27.4. The molecule has 0 aromatic rings. The average Bonchev–Trinajstić information content (AvgIpc) is 3.49. The normalized spacial score (nSPS) is 15.2. The maximum Gasteiger partial charge on any atom is 0.158 e. The van der Waals surface area contributed by atoms with Gasteiger partial charge in [0.1, 0.15) is 0 Å². The number of nitrogens with zero attached hydrogens (tertiary/aromatic N) is 1. The third-order valence-corrected chi connectivity index (χ3v) is 8.31. The van der Waals surface area contributed by atoms with Crippen molar-refractivity contribution in [1.82, 2.24) is 4.90 Å². The van der Waals surface area contributed by atoms with Gasteiger partial charge in [0, 0.05) is 26.2 Å². The molecule has 0 saturated carbocycles. The maximum atomic E-state index is 6.25. The monoisotopic (exact) mass is 562 g/mol. The Morgan fingerprint density at radius 2 is 0.950 bits per heavy atom. The molecule has 1 atom stereocenters. The van der Waals surface area contributed by atoms with Crippen LogP contribution in [0.3, 0.4) is 0 Å². The fraction of sp³-hybridized carbons (Fsp3) is 0.892. The van der Waals surface area contributed by atoms with Crippen molar-refractivity contribution in [1.29, 1.82) is 0 Å². The predicted octanol–water partition coefficient (Wildman–Crippen LogP) is 11.6. The molecule has 0 spiro atoms. The Kier molecular flexibility index (Phi) is 29.3. The van der Waals surface area contributed by atoms with Gasteiger partial charge < -0.3 is 14.4 Å². The van der Waals surface area contributed by atoms with Crippen LogP contribution < -0.4 is 0 Å². The van der Waals surface area contributed by atoms with Gasteiger partial charge in [-0.1, -0.05) is 122 Å². The summed E-state index contributed by atoms with van der Waals surface area (Å²) in [6.45, 7) is 9.86. The second-order valence-electron chi connectivity index (χ2n) is 12.2. The Bertz CT molecular complexity index is 540. The van der Waals surface area contributed by atoms with Crippen LogP contribution >= 0.6 is 0 Å². The molecule has 0 radical (unpaired) electrons. The van der Waals surface area contributed by atoms with Crippen LogP contribution in [0.5, 0.6) is 0 Å². The average molecular weight is 562 g/mol. The largest absolute Gasteiger partial charge is 0.353 e. The molecule has 40 heavy (non-hydrogen) atoms. The Morgan fingerprint density at radius 1 is 0.525 bits per heavy atom. The molecule has 3 heteroatoms. The minimum Gasteiger partial charge on any atom is -0.353 e. The molecule has 1 aliphatic heterocycles. The highest BCUT2D eigenvalue weighted by atomic mass is 16.7. The minimum atomic E-state index is -0.00265. The number of allylic oxidation sites excluding steroid dienone is 4. The van der Waals surface area contributed by atoms with E-state index in [1.807, 2.05) is 0 Å². The van der Waals surface area contributed by atoms with E-state index in [1.54, 1.807) is 0 Å². The highest BCUT2D eigenvalue weighted by Gasteiger charge is 2.15. The van der Waals surface area contributed by atoms with Gasteiger partial charge >= 0.3 is 0 Å². The van der Waals surface area contributed by atoms with E-state index >= 15 is 0 Å². The summed E-state index contributed by atoms with van der Waals surface area (Å²) < 4.78 is 12.5. The van der Waals surface area contributed by atoms with Crippen LogP contribution in [0.25, 0.3) is 0 Å². The number of likely N-dealkylation sites (tertiary alicyclic amines) is 1. The summed E-state index contributed by atoms with van der Waals surface area (Å²) in [7, 11) is 0. The van der Waals surface area contributed by atoms with E-state index in [-0.39, 0.29) is 6.29 Å². The second-order valence-corrected chi connectivity index (χ2v) is 12.2. The van der Waals surface area contributed by atoms with E-state index in [4.69, 9.17) is 9.47 Å². The number of ether oxygens (including phenoxy) is 2. The molecule has 1 unspecified atom stereocenters. The molecular weight excluding hydrogens is 490 g/mol. The molecule has 0 aromatic heterocycles. The van der Waals surface area contributed by atoms with E-state index in [9.17, 15) is 0 Å². The smallest absolute Gasteiger partial charge is 0.158 e.